The number of imide groups is 1. The van der Waals surface area contributed by atoms with E-state index in [1.807, 2.05) is 18.2 Å². The number of oxazole rings is 1. The predicted octanol–water partition coefficient (Wildman–Crippen LogP) is 4.57. The number of nitrogens with zero attached hydrogens (tertiary/aromatic N) is 2. The van der Waals surface area contributed by atoms with Crippen molar-refractivity contribution in [2.75, 3.05) is 13.2 Å². The van der Waals surface area contributed by atoms with E-state index >= 15 is 0 Å². The van der Waals surface area contributed by atoms with E-state index in [1.54, 1.807) is 18.2 Å². The fourth-order valence-corrected chi connectivity index (χ4v) is 4.10. The fraction of sp³-hybridized carbons (Fsp3) is 0.375. The molecule has 3 heterocycles. The van der Waals surface area contributed by atoms with E-state index in [1.165, 1.54) is 10.5 Å². The molecular weight excluding hydrogens is 380 g/mol. The molecule has 2 aromatic carbocycles. The van der Waals surface area contributed by atoms with E-state index in [0.29, 0.717) is 41.3 Å². The topological polar surface area (TPSA) is 72.6 Å². The van der Waals surface area contributed by atoms with Gasteiger partial charge in [0, 0.05) is 12.2 Å². The summed E-state index contributed by atoms with van der Waals surface area (Å²) >= 11 is 0. The maximum atomic E-state index is 12.9. The molecule has 5 rings (SSSR count). The Morgan fingerprint density at radius 2 is 1.87 bits per heavy atom. The first-order valence-electron chi connectivity index (χ1n) is 10.3. The summed E-state index contributed by atoms with van der Waals surface area (Å²) in [6.07, 6.45) is 1.77. The Morgan fingerprint density at radius 1 is 1.07 bits per heavy atom. The molecule has 30 heavy (non-hydrogen) atoms. The van der Waals surface area contributed by atoms with Gasteiger partial charge < -0.3 is 9.15 Å². The minimum atomic E-state index is -0.279. The normalized spacial score (nSPS) is 19.2. The van der Waals surface area contributed by atoms with Gasteiger partial charge in [-0.05, 0) is 54.2 Å². The number of aromatic nitrogens is 1. The Bertz CT molecular complexity index is 1170. The lowest BCUT2D eigenvalue weighted by molar-refractivity contribution is 0.0475. The average molecular weight is 404 g/mol. The Labute approximate surface area is 174 Å². The highest BCUT2D eigenvalue weighted by Crippen LogP contribution is 2.32. The number of carbonyl (C=O) groups is 2. The third-order valence-corrected chi connectivity index (χ3v) is 5.88. The molecule has 0 spiro atoms. The molecule has 1 saturated heterocycles. The molecule has 154 valence electrons. The van der Waals surface area contributed by atoms with Gasteiger partial charge in [0.25, 0.3) is 11.8 Å². The predicted molar refractivity (Wildman–Crippen MR) is 112 cm³/mol. The van der Waals surface area contributed by atoms with Crippen LogP contribution in [-0.4, -0.2) is 41.0 Å². The number of carbonyl (C=O) groups excluding carboxylic acids is 2. The zero-order valence-corrected chi connectivity index (χ0v) is 17.4. The van der Waals surface area contributed by atoms with Gasteiger partial charge in [0.15, 0.2) is 5.58 Å². The number of benzene rings is 2. The van der Waals surface area contributed by atoms with Crippen LogP contribution in [0.4, 0.5) is 0 Å². The summed E-state index contributed by atoms with van der Waals surface area (Å²) in [5.74, 6) is -0.0976. The lowest BCUT2D eigenvalue weighted by atomic mass is 9.87. The summed E-state index contributed by atoms with van der Waals surface area (Å²) in [6, 6.07) is 11.2. The lowest BCUT2D eigenvalue weighted by Crippen LogP contribution is -2.36. The smallest absolute Gasteiger partial charge is 0.261 e. The third kappa shape index (κ3) is 3.12. The second-order valence-electron chi connectivity index (χ2n) is 9.07. The minimum Gasteiger partial charge on any atom is -0.436 e. The largest absolute Gasteiger partial charge is 0.436 e. The van der Waals surface area contributed by atoms with Gasteiger partial charge in [-0.1, -0.05) is 26.8 Å². The molecular formula is C24H24N2O4. The molecule has 0 saturated carbocycles. The molecule has 2 aliphatic rings. The van der Waals surface area contributed by atoms with Crippen molar-refractivity contribution in [1.29, 1.82) is 0 Å². The van der Waals surface area contributed by atoms with Crippen LogP contribution in [0, 0.1) is 0 Å². The first kappa shape index (κ1) is 19.0. The van der Waals surface area contributed by atoms with E-state index in [9.17, 15) is 9.59 Å². The van der Waals surface area contributed by atoms with Crippen LogP contribution in [-0.2, 0) is 10.2 Å². The highest BCUT2D eigenvalue weighted by molar-refractivity contribution is 6.21. The second kappa shape index (κ2) is 6.77. The zero-order valence-electron chi connectivity index (χ0n) is 17.4. The summed E-state index contributed by atoms with van der Waals surface area (Å²) in [7, 11) is 0. The van der Waals surface area contributed by atoms with E-state index in [4.69, 9.17) is 9.15 Å². The van der Waals surface area contributed by atoms with Crippen molar-refractivity contribution < 1.29 is 18.7 Å². The van der Waals surface area contributed by atoms with E-state index < -0.39 is 0 Å². The van der Waals surface area contributed by atoms with Gasteiger partial charge in [-0.15, -0.1) is 0 Å². The number of hydrogen-bond acceptors (Lipinski definition) is 5. The molecule has 3 aromatic rings. The van der Waals surface area contributed by atoms with Gasteiger partial charge in [-0.25, -0.2) is 4.98 Å². The van der Waals surface area contributed by atoms with Crippen LogP contribution in [0.2, 0.25) is 0 Å². The SMILES string of the molecule is CC(C)(C)c1ccc2oc(-c3ccc4c(c3)C(=O)N(CC3CCCO3)C4=O)nc2c1. The van der Waals surface area contributed by atoms with Crippen molar-refractivity contribution in [3.63, 3.8) is 0 Å². The van der Waals surface area contributed by atoms with Gasteiger partial charge in [-0.3, -0.25) is 14.5 Å². The Hall–Kier alpha value is -2.99. The molecule has 1 fully saturated rings. The molecule has 2 amide bonds. The Morgan fingerprint density at radius 3 is 2.60 bits per heavy atom. The zero-order chi connectivity index (χ0) is 21.0. The number of rotatable bonds is 3. The Balaban J connectivity index is 1.47. The van der Waals surface area contributed by atoms with Crippen molar-refractivity contribution in [3.8, 4) is 11.5 Å². The molecule has 0 N–H and O–H groups in total. The van der Waals surface area contributed by atoms with Crippen LogP contribution in [0.3, 0.4) is 0 Å². The summed E-state index contributed by atoms with van der Waals surface area (Å²) in [5.41, 5.74) is 4.17. The first-order valence-corrected chi connectivity index (χ1v) is 10.3. The van der Waals surface area contributed by atoms with Crippen molar-refractivity contribution in [1.82, 2.24) is 9.88 Å². The van der Waals surface area contributed by atoms with E-state index in [0.717, 1.165) is 18.4 Å². The molecule has 1 atom stereocenters. The Kier molecular flexibility index (Phi) is 4.29. The van der Waals surface area contributed by atoms with Crippen LogP contribution in [0.15, 0.2) is 40.8 Å². The molecule has 6 heteroatoms. The van der Waals surface area contributed by atoms with Gasteiger partial charge in [0.05, 0.1) is 23.8 Å². The average Bonchev–Trinajstić information content (AvgIpc) is 3.42. The van der Waals surface area contributed by atoms with Crippen molar-refractivity contribution in [2.45, 2.75) is 45.1 Å². The molecule has 0 aliphatic carbocycles. The fourth-order valence-electron chi connectivity index (χ4n) is 4.10. The standard InChI is InChI=1S/C24H24N2O4/c1-24(2,3)15-7-9-20-19(12-15)25-21(30-20)14-6-8-17-18(11-14)23(28)26(22(17)27)13-16-5-4-10-29-16/h6-9,11-12,16H,4-5,10,13H2,1-3H3. The monoisotopic (exact) mass is 404 g/mol. The molecule has 6 nitrogen and oxygen atoms in total. The number of hydrogen-bond donors (Lipinski definition) is 0. The maximum absolute atomic E-state index is 12.9. The maximum Gasteiger partial charge on any atom is 0.261 e. The third-order valence-electron chi connectivity index (χ3n) is 5.88. The summed E-state index contributed by atoms with van der Waals surface area (Å²) in [4.78, 5) is 31.6. The van der Waals surface area contributed by atoms with Gasteiger partial charge in [0.1, 0.15) is 5.52 Å². The number of fused-ring (bicyclic) bond motifs is 2. The first-order chi connectivity index (χ1) is 14.3. The van der Waals surface area contributed by atoms with Gasteiger partial charge in [-0.2, -0.15) is 0 Å². The summed E-state index contributed by atoms with van der Waals surface area (Å²) in [6.45, 7) is 7.45. The number of amides is 2. The molecule has 1 unspecified atom stereocenters. The van der Waals surface area contributed by atoms with Crippen LogP contribution >= 0.6 is 0 Å². The van der Waals surface area contributed by atoms with E-state index in [-0.39, 0.29) is 23.3 Å². The van der Waals surface area contributed by atoms with Crippen molar-refractivity contribution in [2.24, 2.45) is 0 Å². The highest BCUT2D eigenvalue weighted by atomic mass is 16.5. The van der Waals surface area contributed by atoms with Gasteiger partial charge >= 0.3 is 0 Å². The van der Waals surface area contributed by atoms with Crippen molar-refractivity contribution >= 4 is 22.9 Å². The van der Waals surface area contributed by atoms with Gasteiger partial charge in [0.2, 0.25) is 5.89 Å². The second-order valence-corrected chi connectivity index (χ2v) is 9.07. The molecule has 0 bridgehead atoms. The summed E-state index contributed by atoms with van der Waals surface area (Å²) < 4.78 is 11.5. The van der Waals surface area contributed by atoms with E-state index in [2.05, 4.69) is 25.8 Å². The molecule has 2 aliphatic heterocycles. The van der Waals surface area contributed by atoms with Crippen LogP contribution < -0.4 is 0 Å². The summed E-state index contributed by atoms with van der Waals surface area (Å²) in [5, 5.41) is 0. The van der Waals surface area contributed by atoms with Crippen LogP contribution in [0.25, 0.3) is 22.6 Å². The van der Waals surface area contributed by atoms with Crippen molar-refractivity contribution in [3.05, 3.63) is 53.1 Å². The number of ether oxygens (including phenoxy) is 1. The highest BCUT2D eigenvalue weighted by Gasteiger charge is 2.37. The van der Waals surface area contributed by atoms with Crippen LogP contribution in [0.1, 0.15) is 59.9 Å². The van der Waals surface area contributed by atoms with Crippen LogP contribution in [0.5, 0.6) is 0 Å². The quantitative estimate of drug-likeness (QED) is 0.598. The minimum absolute atomic E-state index is 0.0140. The molecule has 1 aromatic heterocycles. The lowest BCUT2D eigenvalue weighted by Gasteiger charge is -2.18. The molecule has 0 radical (unpaired) electrons.